The van der Waals surface area contributed by atoms with Gasteiger partial charge in [-0.15, -0.1) is 0 Å². The summed E-state index contributed by atoms with van der Waals surface area (Å²) < 4.78 is 11.3. The van der Waals surface area contributed by atoms with Gasteiger partial charge in [-0.2, -0.15) is 0 Å². The van der Waals surface area contributed by atoms with E-state index >= 15 is 0 Å². The number of nitrogens with two attached hydrogens (primary N) is 2. The fourth-order valence-electron chi connectivity index (χ4n) is 3.38. The molecule has 0 radical (unpaired) electrons. The summed E-state index contributed by atoms with van der Waals surface area (Å²) in [5, 5.41) is 0. The lowest BCUT2D eigenvalue weighted by Crippen LogP contribution is -2.45. The van der Waals surface area contributed by atoms with Gasteiger partial charge in [0.15, 0.2) is 0 Å². The molecular formula is C28H42N4O4. The van der Waals surface area contributed by atoms with Gasteiger partial charge in [0.25, 0.3) is 0 Å². The van der Waals surface area contributed by atoms with Crippen LogP contribution in [0, 0.1) is 0 Å². The Morgan fingerprint density at radius 2 is 0.917 bits per heavy atom. The molecule has 0 aliphatic carbocycles. The molecule has 0 spiro atoms. The van der Waals surface area contributed by atoms with Crippen LogP contribution in [-0.2, 0) is 22.3 Å². The molecule has 2 rings (SSSR count). The lowest BCUT2D eigenvalue weighted by atomic mass is 10.1. The molecule has 0 saturated heterocycles. The van der Waals surface area contributed by atoms with Gasteiger partial charge in [0.1, 0.15) is 11.2 Å². The summed E-state index contributed by atoms with van der Waals surface area (Å²) in [4.78, 5) is 29.3. The van der Waals surface area contributed by atoms with Gasteiger partial charge < -0.3 is 30.7 Å². The molecule has 198 valence electrons. The Balaban J connectivity index is 2.13. The first kappa shape index (κ1) is 28.8. The van der Waals surface area contributed by atoms with Gasteiger partial charge >= 0.3 is 12.2 Å². The maximum absolute atomic E-state index is 13.0. The van der Waals surface area contributed by atoms with Crippen LogP contribution in [-0.4, -0.2) is 59.4 Å². The molecule has 0 fully saturated rings. The third-order valence-corrected chi connectivity index (χ3v) is 5.24. The molecule has 0 unspecified atom stereocenters. The van der Waals surface area contributed by atoms with E-state index in [-0.39, 0.29) is 0 Å². The second kappa shape index (κ2) is 12.5. The first-order chi connectivity index (χ1) is 16.7. The van der Waals surface area contributed by atoms with Crippen molar-refractivity contribution in [3.63, 3.8) is 0 Å². The van der Waals surface area contributed by atoms with Gasteiger partial charge in [-0.3, -0.25) is 0 Å². The highest BCUT2D eigenvalue weighted by Gasteiger charge is 2.26. The number of benzene rings is 2. The molecular weight excluding hydrogens is 456 g/mol. The highest BCUT2D eigenvalue weighted by molar-refractivity contribution is 5.69. The van der Waals surface area contributed by atoms with E-state index in [0.29, 0.717) is 50.4 Å². The zero-order valence-electron chi connectivity index (χ0n) is 22.5. The molecule has 2 amide bonds. The van der Waals surface area contributed by atoms with Crippen LogP contribution in [0.25, 0.3) is 0 Å². The van der Waals surface area contributed by atoms with Crippen molar-refractivity contribution in [1.82, 2.24) is 9.80 Å². The Morgan fingerprint density at radius 3 is 1.19 bits per heavy atom. The largest absolute Gasteiger partial charge is 0.444 e. The maximum Gasteiger partial charge on any atom is 0.410 e. The van der Waals surface area contributed by atoms with E-state index in [2.05, 4.69) is 0 Å². The first-order valence-electron chi connectivity index (χ1n) is 12.4. The van der Waals surface area contributed by atoms with Crippen molar-refractivity contribution < 1.29 is 19.1 Å². The third-order valence-electron chi connectivity index (χ3n) is 5.24. The quantitative estimate of drug-likeness (QED) is 0.465. The van der Waals surface area contributed by atoms with Gasteiger partial charge in [-0.1, -0.05) is 24.3 Å². The molecule has 2 aromatic carbocycles. The lowest BCUT2D eigenvalue weighted by Gasteiger charge is -2.31. The highest BCUT2D eigenvalue weighted by Crippen LogP contribution is 2.15. The monoisotopic (exact) mass is 498 g/mol. The van der Waals surface area contributed by atoms with E-state index in [1.807, 2.05) is 90.1 Å². The van der Waals surface area contributed by atoms with Gasteiger partial charge in [0, 0.05) is 37.6 Å². The molecule has 8 heteroatoms. The van der Waals surface area contributed by atoms with E-state index < -0.39 is 23.4 Å². The number of carbonyl (C=O) groups excluding carboxylic acids is 2. The topological polar surface area (TPSA) is 111 Å². The fourth-order valence-corrected chi connectivity index (χ4v) is 3.38. The summed E-state index contributed by atoms with van der Waals surface area (Å²) in [6.07, 6.45) is 0.440. The molecule has 8 nitrogen and oxygen atoms in total. The minimum absolute atomic E-state index is 0.310. The number of amides is 2. The van der Waals surface area contributed by atoms with E-state index in [4.69, 9.17) is 20.9 Å². The SMILES string of the molecule is CC(C)(C)OC(=O)N(CCc1ccc(N)cc1)CCN(CCc1ccc(N)cc1)C(=O)OC(C)(C)C. The minimum atomic E-state index is -0.628. The van der Waals surface area contributed by atoms with Crippen LogP contribution in [0.4, 0.5) is 21.0 Å². The number of rotatable bonds is 9. The lowest BCUT2D eigenvalue weighted by molar-refractivity contribution is 0.0137. The molecule has 0 heterocycles. The highest BCUT2D eigenvalue weighted by atomic mass is 16.6. The molecule has 4 N–H and O–H groups in total. The van der Waals surface area contributed by atoms with E-state index in [1.165, 1.54) is 0 Å². The van der Waals surface area contributed by atoms with Crippen LogP contribution < -0.4 is 11.5 Å². The van der Waals surface area contributed by atoms with Crippen molar-refractivity contribution in [2.75, 3.05) is 37.6 Å². The molecule has 2 aromatic rings. The predicted octanol–water partition coefficient (Wildman–Crippen LogP) is 5.11. The molecule has 0 aromatic heterocycles. The number of ether oxygens (including phenoxy) is 2. The van der Waals surface area contributed by atoms with Gasteiger partial charge in [0.2, 0.25) is 0 Å². The van der Waals surface area contributed by atoms with Gasteiger partial charge in [-0.05, 0) is 89.8 Å². The number of nitrogens with zero attached hydrogens (tertiary/aromatic N) is 2. The van der Waals surface area contributed by atoms with Crippen LogP contribution in [0.15, 0.2) is 48.5 Å². The Morgan fingerprint density at radius 1 is 0.611 bits per heavy atom. The summed E-state index contributed by atoms with van der Waals surface area (Å²) >= 11 is 0. The van der Waals surface area contributed by atoms with Crippen LogP contribution >= 0.6 is 0 Å². The fraction of sp³-hybridized carbons (Fsp3) is 0.500. The van der Waals surface area contributed by atoms with Crippen LogP contribution in [0.3, 0.4) is 0 Å². The minimum Gasteiger partial charge on any atom is -0.444 e. The Hall–Kier alpha value is -3.42. The summed E-state index contributed by atoms with van der Waals surface area (Å²) in [6.45, 7) is 12.5. The number of hydrogen-bond acceptors (Lipinski definition) is 6. The van der Waals surface area contributed by atoms with Crippen molar-refractivity contribution >= 4 is 23.6 Å². The van der Waals surface area contributed by atoms with E-state index in [0.717, 1.165) is 11.1 Å². The molecule has 0 saturated carbocycles. The van der Waals surface area contributed by atoms with Crippen molar-refractivity contribution in [3.05, 3.63) is 59.7 Å². The van der Waals surface area contributed by atoms with E-state index in [9.17, 15) is 9.59 Å². The second-order valence-electron chi connectivity index (χ2n) is 10.9. The van der Waals surface area contributed by atoms with Gasteiger partial charge in [0.05, 0.1) is 0 Å². The zero-order chi connectivity index (χ0) is 26.9. The third kappa shape index (κ3) is 10.9. The normalized spacial score (nSPS) is 11.6. The average Bonchev–Trinajstić information content (AvgIpc) is 2.75. The number of carbonyl (C=O) groups is 2. The smallest absolute Gasteiger partial charge is 0.410 e. The van der Waals surface area contributed by atoms with Crippen LogP contribution in [0.2, 0.25) is 0 Å². The summed E-state index contributed by atoms with van der Waals surface area (Å²) in [5.41, 5.74) is 13.8. The Bertz CT molecular complexity index is 895. The Labute approximate surface area is 215 Å². The van der Waals surface area contributed by atoms with Crippen LogP contribution in [0.5, 0.6) is 0 Å². The van der Waals surface area contributed by atoms with E-state index in [1.54, 1.807) is 9.80 Å². The number of hydrogen-bond donors (Lipinski definition) is 2. The average molecular weight is 499 g/mol. The standard InChI is InChI=1S/C28H42N4O4/c1-27(2,3)35-25(33)31(17-15-21-7-11-23(29)12-8-21)19-20-32(26(34)36-28(4,5)6)18-16-22-9-13-24(30)14-10-22/h7-14H,15-20,29-30H2,1-6H3. The van der Waals surface area contributed by atoms with Crippen molar-refractivity contribution in [2.24, 2.45) is 0 Å². The number of anilines is 2. The predicted molar refractivity (Wildman–Crippen MR) is 145 cm³/mol. The molecule has 0 atom stereocenters. The summed E-state index contributed by atoms with van der Waals surface area (Å²) in [6, 6.07) is 15.2. The summed E-state index contributed by atoms with van der Waals surface area (Å²) in [5.74, 6) is 0. The van der Waals surface area contributed by atoms with Crippen molar-refractivity contribution in [3.8, 4) is 0 Å². The first-order valence-corrected chi connectivity index (χ1v) is 12.4. The van der Waals surface area contributed by atoms with Crippen molar-refractivity contribution in [1.29, 1.82) is 0 Å². The molecule has 0 bridgehead atoms. The van der Waals surface area contributed by atoms with Crippen molar-refractivity contribution in [2.45, 2.75) is 65.6 Å². The number of nitrogen functional groups attached to an aromatic ring is 2. The molecule has 36 heavy (non-hydrogen) atoms. The Kier molecular flexibility index (Phi) is 10.0. The van der Waals surface area contributed by atoms with Crippen LogP contribution in [0.1, 0.15) is 52.7 Å². The molecule has 0 aliphatic heterocycles. The van der Waals surface area contributed by atoms with Gasteiger partial charge in [-0.25, -0.2) is 9.59 Å². The summed E-state index contributed by atoms with van der Waals surface area (Å²) in [7, 11) is 0. The zero-order valence-corrected chi connectivity index (χ0v) is 22.5. The molecule has 0 aliphatic rings. The second-order valence-corrected chi connectivity index (χ2v) is 10.9. The maximum atomic E-state index is 13.0.